The molecule has 1 aliphatic rings. The predicted molar refractivity (Wildman–Crippen MR) is 115 cm³/mol. The van der Waals surface area contributed by atoms with Crippen LogP contribution in [-0.2, 0) is 4.79 Å². The first-order valence-corrected chi connectivity index (χ1v) is 10.7. The number of carbonyl (C=O) groups excluding carboxylic acids is 2. The van der Waals surface area contributed by atoms with Gasteiger partial charge in [0.05, 0.1) is 10.6 Å². The van der Waals surface area contributed by atoms with Crippen molar-refractivity contribution in [1.29, 1.82) is 0 Å². The summed E-state index contributed by atoms with van der Waals surface area (Å²) in [4.78, 5) is 27.8. The molecule has 0 radical (unpaired) electrons. The summed E-state index contributed by atoms with van der Waals surface area (Å²) >= 11 is 12.0. The van der Waals surface area contributed by atoms with Crippen LogP contribution < -0.4 is 10.6 Å². The zero-order chi connectivity index (χ0) is 20.8. The standard InChI is InChI=1S/C21H31Cl2N3O2/c1-13(2)9-19(25-20(27)17-6-5-16(22)10-18(17)23)21(28)24-11-15-7-8-26(12-15)14(3)4/h5-6,10,13-15,19H,7-9,11-12H2,1-4H3,(H,24,28)(H,25,27). The van der Waals surface area contributed by atoms with Crippen molar-refractivity contribution in [3.8, 4) is 0 Å². The molecule has 7 heteroatoms. The molecular formula is C21H31Cl2N3O2. The largest absolute Gasteiger partial charge is 0.354 e. The second-order valence-electron chi connectivity index (χ2n) is 8.27. The summed E-state index contributed by atoms with van der Waals surface area (Å²) in [6.45, 7) is 11.1. The molecule has 1 saturated heterocycles. The third-order valence-electron chi connectivity index (χ3n) is 5.12. The van der Waals surface area contributed by atoms with E-state index in [1.165, 1.54) is 6.07 Å². The van der Waals surface area contributed by atoms with Crippen LogP contribution in [0.2, 0.25) is 10.0 Å². The van der Waals surface area contributed by atoms with E-state index in [2.05, 4.69) is 29.4 Å². The Morgan fingerprint density at radius 3 is 2.50 bits per heavy atom. The van der Waals surface area contributed by atoms with Gasteiger partial charge >= 0.3 is 0 Å². The molecule has 1 aliphatic heterocycles. The minimum atomic E-state index is -0.596. The lowest BCUT2D eigenvalue weighted by atomic mass is 10.0. The third-order valence-corrected chi connectivity index (χ3v) is 5.67. The average molecular weight is 428 g/mol. The average Bonchev–Trinajstić information content (AvgIpc) is 3.07. The van der Waals surface area contributed by atoms with Gasteiger partial charge in [0.2, 0.25) is 5.91 Å². The van der Waals surface area contributed by atoms with Gasteiger partial charge in [0.1, 0.15) is 6.04 Å². The Hall–Kier alpha value is -1.30. The fourth-order valence-corrected chi connectivity index (χ4v) is 3.97. The van der Waals surface area contributed by atoms with Gasteiger partial charge in [0, 0.05) is 24.2 Å². The van der Waals surface area contributed by atoms with Crippen molar-refractivity contribution < 1.29 is 9.59 Å². The van der Waals surface area contributed by atoms with E-state index < -0.39 is 6.04 Å². The second kappa shape index (κ2) is 10.5. The van der Waals surface area contributed by atoms with E-state index in [4.69, 9.17) is 23.2 Å². The molecule has 1 aromatic rings. The molecule has 0 saturated carbocycles. The smallest absolute Gasteiger partial charge is 0.253 e. The van der Waals surface area contributed by atoms with Crippen molar-refractivity contribution in [2.24, 2.45) is 11.8 Å². The maximum absolute atomic E-state index is 12.8. The molecule has 2 unspecified atom stereocenters. The zero-order valence-electron chi connectivity index (χ0n) is 17.1. The van der Waals surface area contributed by atoms with Crippen LogP contribution in [0.4, 0.5) is 0 Å². The molecule has 5 nitrogen and oxygen atoms in total. The molecule has 0 aromatic heterocycles. The summed E-state index contributed by atoms with van der Waals surface area (Å²) in [6, 6.07) is 4.64. The second-order valence-corrected chi connectivity index (χ2v) is 9.11. The van der Waals surface area contributed by atoms with E-state index in [1.54, 1.807) is 12.1 Å². The Bertz CT molecular complexity index is 694. The van der Waals surface area contributed by atoms with Crippen molar-refractivity contribution in [1.82, 2.24) is 15.5 Å². The highest BCUT2D eigenvalue weighted by Crippen LogP contribution is 2.21. The van der Waals surface area contributed by atoms with Crippen molar-refractivity contribution in [3.63, 3.8) is 0 Å². The van der Waals surface area contributed by atoms with Crippen molar-refractivity contribution in [3.05, 3.63) is 33.8 Å². The van der Waals surface area contributed by atoms with Crippen LogP contribution in [0.1, 0.15) is 50.9 Å². The summed E-state index contributed by atoms with van der Waals surface area (Å²) in [5, 5.41) is 6.61. The molecule has 1 fully saturated rings. The van der Waals surface area contributed by atoms with Crippen LogP contribution in [0, 0.1) is 11.8 Å². The first-order valence-electron chi connectivity index (χ1n) is 9.95. The quantitative estimate of drug-likeness (QED) is 0.659. The zero-order valence-corrected chi connectivity index (χ0v) is 18.6. The highest BCUT2D eigenvalue weighted by Gasteiger charge is 2.27. The minimum Gasteiger partial charge on any atom is -0.354 e. The number of hydrogen-bond donors (Lipinski definition) is 2. The normalized spacial score (nSPS) is 18.5. The van der Waals surface area contributed by atoms with Gasteiger partial charge in [-0.3, -0.25) is 9.59 Å². The van der Waals surface area contributed by atoms with Gasteiger partial charge in [-0.25, -0.2) is 0 Å². The molecule has 0 bridgehead atoms. The number of carbonyl (C=O) groups is 2. The molecule has 2 atom stereocenters. The summed E-state index contributed by atoms with van der Waals surface area (Å²) in [7, 11) is 0. The molecular weight excluding hydrogens is 397 g/mol. The van der Waals surface area contributed by atoms with Crippen LogP contribution in [0.15, 0.2) is 18.2 Å². The Morgan fingerprint density at radius 2 is 1.93 bits per heavy atom. The van der Waals surface area contributed by atoms with Gasteiger partial charge in [0.25, 0.3) is 5.91 Å². The minimum absolute atomic E-state index is 0.143. The number of halogens is 2. The van der Waals surface area contributed by atoms with Crippen LogP contribution in [-0.4, -0.2) is 48.4 Å². The molecule has 0 spiro atoms. The van der Waals surface area contributed by atoms with E-state index in [0.29, 0.717) is 35.5 Å². The van der Waals surface area contributed by atoms with Gasteiger partial charge in [-0.05, 0) is 63.3 Å². The van der Waals surface area contributed by atoms with Crippen LogP contribution >= 0.6 is 23.2 Å². The number of amides is 2. The highest BCUT2D eigenvalue weighted by atomic mass is 35.5. The molecule has 0 aliphatic carbocycles. The fourth-order valence-electron chi connectivity index (χ4n) is 3.48. The van der Waals surface area contributed by atoms with E-state index in [0.717, 1.165) is 19.5 Å². The molecule has 2 N–H and O–H groups in total. The van der Waals surface area contributed by atoms with Gasteiger partial charge in [0.15, 0.2) is 0 Å². The van der Waals surface area contributed by atoms with Gasteiger partial charge < -0.3 is 15.5 Å². The molecule has 1 heterocycles. The van der Waals surface area contributed by atoms with E-state index in [-0.39, 0.29) is 22.8 Å². The van der Waals surface area contributed by atoms with Gasteiger partial charge in [-0.15, -0.1) is 0 Å². The molecule has 156 valence electrons. The summed E-state index contributed by atoms with van der Waals surface area (Å²) in [5.74, 6) is 0.205. The van der Waals surface area contributed by atoms with E-state index >= 15 is 0 Å². The fraction of sp³-hybridized carbons (Fsp3) is 0.619. The van der Waals surface area contributed by atoms with Crippen molar-refractivity contribution in [2.75, 3.05) is 19.6 Å². The summed E-state index contributed by atoms with van der Waals surface area (Å²) < 4.78 is 0. The van der Waals surface area contributed by atoms with Crippen LogP contribution in [0.3, 0.4) is 0 Å². The maximum atomic E-state index is 12.8. The van der Waals surface area contributed by atoms with Crippen LogP contribution in [0.25, 0.3) is 0 Å². The Morgan fingerprint density at radius 1 is 1.21 bits per heavy atom. The van der Waals surface area contributed by atoms with E-state index in [9.17, 15) is 9.59 Å². The molecule has 2 amide bonds. The van der Waals surface area contributed by atoms with Gasteiger partial charge in [-0.2, -0.15) is 0 Å². The Balaban J connectivity index is 1.96. The molecule has 1 aromatic carbocycles. The number of hydrogen-bond acceptors (Lipinski definition) is 3. The SMILES string of the molecule is CC(C)CC(NC(=O)c1ccc(Cl)cc1Cl)C(=O)NCC1CCN(C(C)C)C1. The number of benzene rings is 1. The topological polar surface area (TPSA) is 61.4 Å². The van der Waals surface area contributed by atoms with Crippen molar-refractivity contribution in [2.45, 2.75) is 52.6 Å². The summed E-state index contributed by atoms with van der Waals surface area (Å²) in [5.41, 5.74) is 0.316. The van der Waals surface area contributed by atoms with Crippen molar-refractivity contribution >= 4 is 35.0 Å². The Kier molecular flexibility index (Phi) is 8.59. The lowest BCUT2D eigenvalue weighted by Gasteiger charge is -2.22. The highest BCUT2D eigenvalue weighted by molar-refractivity contribution is 6.36. The monoisotopic (exact) mass is 427 g/mol. The maximum Gasteiger partial charge on any atom is 0.253 e. The predicted octanol–water partition coefficient (Wildman–Crippen LogP) is 3.98. The number of likely N-dealkylation sites (tertiary alicyclic amines) is 1. The number of nitrogens with zero attached hydrogens (tertiary/aromatic N) is 1. The number of rotatable bonds is 8. The summed E-state index contributed by atoms with van der Waals surface area (Å²) in [6.07, 6.45) is 1.64. The van der Waals surface area contributed by atoms with Crippen LogP contribution in [0.5, 0.6) is 0 Å². The van der Waals surface area contributed by atoms with E-state index in [1.807, 2.05) is 13.8 Å². The third kappa shape index (κ3) is 6.64. The lowest BCUT2D eigenvalue weighted by Crippen LogP contribution is -2.48. The Labute approximate surface area is 178 Å². The molecule has 2 rings (SSSR count). The first kappa shape index (κ1) is 23.0. The first-order chi connectivity index (χ1) is 13.2. The lowest BCUT2D eigenvalue weighted by molar-refractivity contribution is -0.123. The van der Waals surface area contributed by atoms with Gasteiger partial charge in [-0.1, -0.05) is 37.0 Å². The number of nitrogens with one attached hydrogen (secondary N) is 2. The molecule has 28 heavy (non-hydrogen) atoms.